The molecule has 5 aromatic rings. The molecule has 0 aliphatic carbocycles. The average molecular weight is 470 g/mol. The number of rotatable bonds is 11. The van der Waals surface area contributed by atoms with Gasteiger partial charge in [-0.2, -0.15) is 0 Å². The van der Waals surface area contributed by atoms with E-state index in [0.29, 0.717) is 19.8 Å². The molecule has 0 fully saturated rings. The van der Waals surface area contributed by atoms with Gasteiger partial charge in [0.1, 0.15) is 22.6 Å². The first-order valence-corrected chi connectivity index (χ1v) is 11.7. The van der Waals surface area contributed by atoms with Crippen molar-refractivity contribution in [3.8, 4) is 5.75 Å². The third-order valence-electron chi connectivity index (χ3n) is 5.92. The van der Waals surface area contributed by atoms with E-state index < -0.39 is 5.91 Å². The first-order valence-electron chi connectivity index (χ1n) is 11.7. The molecule has 7 heteroatoms. The SMILES string of the molecule is NC(=O)c1cn(C[C@H](CCCOc2ccc3oc4ccccc4c3c2)OCc2ccccc2)cn1. The molecule has 178 valence electrons. The number of hydrogen-bond donors (Lipinski definition) is 1. The van der Waals surface area contributed by atoms with Gasteiger partial charge in [0.05, 0.1) is 25.6 Å². The lowest BCUT2D eigenvalue weighted by atomic mass is 10.1. The number of imidazole rings is 1. The van der Waals surface area contributed by atoms with Crippen LogP contribution in [0.2, 0.25) is 0 Å². The van der Waals surface area contributed by atoms with Crippen molar-refractivity contribution in [2.75, 3.05) is 6.61 Å². The van der Waals surface area contributed by atoms with Crippen LogP contribution in [0.25, 0.3) is 21.9 Å². The van der Waals surface area contributed by atoms with Gasteiger partial charge >= 0.3 is 0 Å². The number of hydrogen-bond acceptors (Lipinski definition) is 5. The van der Waals surface area contributed by atoms with E-state index in [1.807, 2.05) is 71.3 Å². The van der Waals surface area contributed by atoms with Gasteiger partial charge in [0.25, 0.3) is 5.91 Å². The highest BCUT2D eigenvalue weighted by atomic mass is 16.5. The van der Waals surface area contributed by atoms with Crippen molar-refractivity contribution < 1.29 is 18.7 Å². The lowest BCUT2D eigenvalue weighted by Crippen LogP contribution is -2.21. The van der Waals surface area contributed by atoms with E-state index in [1.54, 1.807) is 12.5 Å². The fourth-order valence-electron chi connectivity index (χ4n) is 4.13. The topological polar surface area (TPSA) is 92.5 Å². The summed E-state index contributed by atoms with van der Waals surface area (Å²) in [5.41, 5.74) is 8.42. The summed E-state index contributed by atoms with van der Waals surface area (Å²) in [4.78, 5) is 15.5. The van der Waals surface area contributed by atoms with Gasteiger partial charge in [0, 0.05) is 23.5 Å². The summed E-state index contributed by atoms with van der Waals surface area (Å²) in [6, 6.07) is 24.0. The van der Waals surface area contributed by atoms with Crippen LogP contribution in [-0.2, 0) is 17.9 Å². The van der Waals surface area contributed by atoms with E-state index >= 15 is 0 Å². The number of fused-ring (bicyclic) bond motifs is 3. The van der Waals surface area contributed by atoms with Gasteiger partial charge in [0.15, 0.2) is 0 Å². The molecule has 0 aliphatic heterocycles. The van der Waals surface area contributed by atoms with Crippen molar-refractivity contribution in [1.82, 2.24) is 9.55 Å². The number of nitrogens with two attached hydrogens (primary N) is 1. The van der Waals surface area contributed by atoms with Crippen LogP contribution in [0.1, 0.15) is 28.9 Å². The molecule has 1 atom stereocenters. The van der Waals surface area contributed by atoms with Crippen LogP contribution in [0.5, 0.6) is 5.75 Å². The Morgan fingerprint density at radius 2 is 1.80 bits per heavy atom. The summed E-state index contributed by atoms with van der Waals surface area (Å²) in [5, 5.41) is 2.13. The molecule has 0 saturated carbocycles. The van der Waals surface area contributed by atoms with E-state index in [4.69, 9.17) is 19.6 Å². The van der Waals surface area contributed by atoms with Gasteiger partial charge in [-0.25, -0.2) is 4.98 Å². The number of carbonyl (C=O) groups excluding carboxylic acids is 1. The van der Waals surface area contributed by atoms with Crippen molar-refractivity contribution in [1.29, 1.82) is 0 Å². The summed E-state index contributed by atoms with van der Waals surface area (Å²) in [5.74, 6) is 0.271. The molecule has 2 heterocycles. The Balaban J connectivity index is 1.20. The van der Waals surface area contributed by atoms with Gasteiger partial charge in [-0.05, 0) is 42.7 Å². The highest BCUT2D eigenvalue weighted by Gasteiger charge is 2.13. The molecule has 0 saturated heterocycles. The Morgan fingerprint density at radius 3 is 2.63 bits per heavy atom. The minimum absolute atomic E-state index is 0.0750. The summed E-state index contributed by atoms with van der Waals surface area (Å²) in [7, 11) is 0. The normalized spacial score (nSPS) is 12.2. The second-order valence-corrected chi connectivity index (χ2v) is 8.49. The molecule has 2 aromatic heterocycles. The smallest absolute Gasteiger partial charge is 0.268 e. The molecule has 0 unspecified atom stereocenters. The van der Waals surface area contributed by atoms with Crippen LogP contribution >= 0.6 is 0 Å². The van der Waals surface area contributed by atoms with Gasteiger partial charge in [-0.3, -0.25) is 4.79 Å². The number of para-hydroxylation sites is 1. The first-order chi connectivity index (χ1) is 17.2. The first kappa shape index (κ1) is 22.7. The maximum atomic E-state index is 11.4. The number of ether oxygens (including phenoxy) is 2. The maximum absolute atomic E-state index is 11.4. The monoisotopic (exact) mass is 469 g/mol. The zero-order valence-electron chi connectivity index (χ0n) is 19.3. The lowest BCUT2D eigenvalue weighted by molar-refractivity contribution is 0.0203. The Bertz CT molecular complexity index is 1420. The molecule has 0 radical (unpaired) electrons. The van der Waals surface area contributed by atoms with Crippen LogP contribution in [0, 0.1) is 0 Å². The third-order valence-corrected chi connectivity index (χ3v) is 5.92. The molecule has 0 bridgehead atoms. The van der Waals surface area contributed by atoms with Crippen molar-refractivity contribution in [3.05, 3.63) is 96.6 Å². The van der Waals surface area contributed by atoms with Crippen molar-refractivity contribution in [2.24, 2.45) is 5.73 Å². The minimum Gasteiger partial charge on any atom is -0.494 e. The molecular formula is C28H27N3O4. The summed E-state index contributed by atoms with van der Waals surface area (Å²) in [6.07, 6.45) is 4.78. The second-order valence-electron chi connectivity index (χ2n) is 8.49. The zero-order chi connectivity index (χ0) is 24.0. The van der Waals surface area contributed by atoms with Gasteiger partial charge in [-0.15, -0.1) is 0 Å². The summed E-state index contributed by atoms with van der Waals surface area (Å²) >= 11 is 0. The largest absolute Gasteiger partial charge is 0.494 e. The number of carbonyl (C=O) groups is 1. The molecule has 7 nitrogen and oxygen atoms in total. The standard InChI is InChI=1S/C28H27N3O4/c29-28(32)25-17-31(19-30-25)16-22(34-18-20-7-2-1-3-8-20)9-6-14-33-21-12-13-27-24(15-21)23-10-4-5-11-26(23)35-27/h1-5,7-8,10-13,15,17,19,22H,6,9,14,16,18H2,(H2,29,32)/t22-/m0/s1. The highest BCUT2D eigenvalue weighted by Crippen LogP contribution is 2.31. The molecule has 0 spiro atoms. The van der Waals surface area contributed by atoms with Gasteiger partial charge < -0.3 is 24.2 Å². The Kier molecular flexibility index (Phi) is 6.77. The van der Waals surface area contributed by atoms with Crippen LogP contribution in [-0.4, -0.2) is 28.2 Å². The van der Waals surface area contributed by atoms with E-state index in [2.05, 4.69) is 11.1 Å². The predicted octanol–water partition coefficient (Wildman–Crippen LogP) is 5.33. The molecule has 5 rings (SSSR count). The average Bonchev–Trinajstić information content (AvgIpc) is 3.50. The molecule has 35 heavy (non-hydrogen) atoms. The quantitative estimate of drug-likeness (QED) is 0.264. The van der Waals surface area contributed by atoms with Crippen LogP contribution in [0.3, 0.4) is 0 Å². The third kappa shape index (κ3) is 5.53. The number of aromatic nitrogens is 2. The van der Waals surface area contributed by atoms with Crippen molar-refractivity contribution in [2.45, 2.75) is 32.1 Å². The van der Waals surface area contributed by atoms with Crippen LogP contribution < -0.4 is 10.5 Å². The predicted molar refractivity (Wildman–Crippen MR) is 134 cm³/mol. The Morgan fingerprint density at radius 1 is 1.00 bits per heavy atom. The van der Waals surface area contributed by atoms with Crippen LogP contribution in [0.15, 0.2) is 89.7 Å². The molecule has 2 N–H and O–H groups in total. The Hall–Kier alpha value is -4.10. The van der Waals surface area contributed by atoms with E-state index in [-0.39, 0.29) is 11.8 Å². The summed E-state index contributed by atoms with van der Waals surface area (Å²) in [6.45, 7) is 1.64. The number of benzene rings is 3. The lowest BCUT2D eigenvalue weighted by Gasteiger charge is -2.19. The maximum Gasteiger partial charge on any atom is 0.268 e. The van der Waals surface area contributed by atoms with Crippen LogP contribution in [0.4, 0.5) is 0 Å². The van der Waals surface area contributed by atoms with Gasteiger partial charge in [-0.1, -0.05) is 48.5 Å². The second kappa shape index (κ2) is 10.4. The number of furan rings is 1. The van der Waals surface area contributed by atoms with E-state index in [1.165, 1.54) is 0 Å². The fraction of sp³-hybridized carbons (Fsp3) is 0.214. The number of primary amides is 1. The Labute approximate surface area is 203 Å². The highest BCUT2D eigenvalue weighted by molar-refractivity contribution is 6.05. The van der Waals surface area contributed by atoms with E-state index in [9.17, 15) is 4.79 Å². The molecule has 1 amide bonds. The zero-order valence-corrected chi connectivity index (χ0v) is 19.3. The molecule has 3 aromatic carbocycles. The van der Waals surface area contributed by atoms with Gasteiger partial charge in [0.2, 0.25) is 0 Å². The van der Waals surface area contributed by atoms with E-state index in [0.717, 1.165) is 46.1 Å². The summed E-state index contributed by atoms with van der Waals surface area (Å²) < 4.78 is 20.0. The fourth-order valence-corrected chi connectivity index (χ4v) is 4.13. The van der Waals surface area contributed by atoms with Crippen molar-refractivity contribution >= 4 is 27.8 Å². The van der Waals surface area contributed by atoms with Crippen molar-refractivity contribution in [3.63, 3.8) is 0 Å². The minimum atomic E-state index is -0.540. The molecular weight excluding hydrogens is 442 g/mol. The number of nitrogens with zero attached hydrogens (tertiary/aromatic N) is 2. The number of amides is 1. The molecule has 0 aliphatic rings.